The van der Waals surface area contributed by atoms with E-state index < -0.39 is 10.0 Å². The zero-order valence-corrected chi connectivity index (χ0v) is 12.2. The molecule has 2 N–H and O–H groups in total. The van der Waals surface area contributed by atoms with Gasteiger partial charge in [-0.1, -0.05) is 11.3 Å². The summed E-state index contributed by atoms with van der Waals surface area (Å²) in [6.45, 7) is 1.27. The van der Waals surface area contributed by atoms with Crippen molar-refractivity contribution < 1.29 is 13.2 Å². The van der Waals surface area contributed by atoms with Crippen LogP contribution in [0.5, 0.6) is 0 Å². The maximum Gasteiger partial charge on any atom is 0.292 e. The smallest absolute Gasteiger partial charge is 0.292 e. The number of sulfonamides is 1. The minimum atomic E-state index is -3.95. The first kappa shape index (κ1) is 14.8. The lowest BCUT2D eigenvalue weighted by molar-refractivity contribution is -0.114. The molecule has 21 heavy (non-hydrogen) atoms. The van der Waals surface area contributed by atoms with Gasteiger partial charge in [-0.15, -0.1) is 10.2 Å². The van der Waals surface area contributed by atoms with Gasteiger partial charge in [0.1, 0.15) is 11.9 Å². The van der Waals surface area contributed by atoms with E-state index in [4.69, 9.17) is 5.26 Å². The average Bonchev–Trinajstić information content (AvgIpc) is 2.88. The molecule has 0 aliphatic carbocycles. The Morgan fingerprint density at radius 1 is 1.38 bits per heavy atom. The van der Waals surface area contributed by atoms with Gasteiger partial charge in [0.2, 0.25) is 11.0 Å². The van der Waals surface area contributed by atoms with Crippen molar-refractivity contribution in [3.63, 3.8) is 0 Å². The molecular weight excluding hydrogens is 316 g/mol. The number of hydrogen-bond donors (Lipinski definition) is 2. The molecule has 2 heterocycles. The van der Waals surface area contributed by atoms with Crippen LogP contribution >= 0.6 is 11.3 Å². The first-order valence-corrected chi connectivity index (χ1v) is 7.71. The summed E-state index contributed by atoms with van der Waals surface area (Å²) in [4.78, 5) is 14.6. The largest absolute Gasteiger partial charge is 0.301 e. The van der Waals surface area contributed by atoms with Crippen molar-refractivity contribution in [1.29, 1.82) is 5.26 Å². The van der Waals surface area contributed by atoms with Crippen LogP contribution < -0.4 is 10.0 Å². The Kier molecular flexibility index (Phi) is 4.10. The molecule has 2 aromatic heterocycles. The second-order valence-electron chi connectivity index (χ2n) is 3.70. The third-order valence-corrected chi connectivity index (χ3v) is 4.61. The van der Waals surface area contributed by atoms with Gasteiger partial charge in [0.15, 0.2) is 0 Å². The molecule has 0 spiro atoms. The summed E-state index contributed by atoms with van der Waals surface area (Å²) in [6.07, 6.45) is 1.24. The Hall–Kier alpha value is -2.58. The van der Waals surface area contributed by atoms with Gasteiger partial charge in [-0.25, -0.2) is 4.98 Å². The van der Waals surface area contributed by atoms with Crippen LogP contribution in [-0.4, -0.2) is 29.5 Å². The fourth-order valence-corrected chi connectivity index (χ4v) is 3.18. The van der Waals surface area contributed by atoms with Crippen LogP contribution in [0.1, 0.15) is 12.5 Å². The third-order valence-electron chi connectivity index (χ3n) is 2.05. The lowest BCUT2D eigenvalue weighted by Gasteiger charge is -2.03. The molecule has 0 saturated carbocycles. The third kappa shape index (κ3) is 3.71. The summed E-state index contributed by atoms with van der Waals surface area (Å²) in [5.41, 5.74) is 0.307. The number of anilines is 2. The Balaban J connectivity index is 2.19. The Morgan fingerprint density at radius 2 is 2.14 bits per heavy atom. The molecule has 1 amide bonds. The number of hydrogen-bond acceptors (Lipinski definition) is 8. The first-order valence-electron chi connectivity index (χ1n) is 5.41. The summed E-state index contributed by atoms with van der Waals surface area (Å²) >= 11 is 0.710. The van der Waals surface area contributed by atoms with Crippen molar-refractivity contribution in [3.8, 4) is 6.07 Å². The number of nitrogens with zero attached hydrogens (tertiary/aromatic N) is 4. The Morgan fingerprint density at radius 3 is 2.71 bits per heavy atom. The number of carbonyl (C=O) groups is 1. The Labute approximate surface area is 123 Å². The van der Waals surface area contributed by atoms with E-state index in [0.717, 1.165) is 0 Å². The van der Waals surface area contributed by atoms with Crippen LogP contribution in [0, 0.1) is 11.3 Å². The fraction of sp³-hybridized carbons (Fsp3) is 0.100. The van der Waals surface area contributed by atoms with E-state index >= 15 is 0 Å². The van der Waals surface area contributed by atoms with Gasteiger partial charge in [-0.2, -0.15) is 13.7 Å². The number of rotatable bonds is 4. The molecule has 0 bridgehead atoms. The van der Waals surface area contributed by atoms with Crippen molar-refractivity contribution in [1.82, 2.24) is 15.2 Å². The molecule has 108 valence electrons. The van der Waals surface area contributed by atoms with Crippen LogP contribution in [0.3, 0.4) is 0 Å². The molecule has 9 nitrogen and oxygen atoms in total. The molecule has 0 atom stereocenters. The summed E-state index contributed by atoms with van der Waals surface area (Å²) in [6, 6.07) is 4.65. The lowest BCUT2D eigenvalue weighted by atomic mass is 10.3. The van der Waals surface area contributed by atoms with Gasteiger partial charge in [0.25, 0.3) is 14.4 Å². The molecule has 0 saturated heterocycles. The molecule has 11 heteroatoms. The minimum absolute atomic E-state index is 0.0466. The monoisotopic (exact) mass is 324 g/mol. The fourth-order valence-electron chi connectivity index (χ4n) is 1.22. The number of carbonyl (C=O) groups excluding carboxylic acids is 1. The number of aromatic nitrogens is 3. The Bertz CT molecular complexity index is 806. The topological polar surface area (TPSA) is 138 Å². The highest BCUT2D eigenvalue weighted by Gasteiger charge is 2.21. The maximum absolute atomic E-state index is 12.0. The number of pyridine rings is 1. The van der Waals surface area contributed by atoms with Gasteiger partial charge < -0.3 is 5.32 Å². The van der Waals surface area contributed by atoms with Gasteiger partial charge in [0, 0.05) is 13.1 Å². The first-order chi connectivity index (χ1) is 9.90. The van der Waals surface area contributed by atoms with Crippen molar-refractivity contribution in [3.05, 3.63) is 23.9 Å². The van der Waals surface area contributed by atoms with E-state index in [1.165, 1.54) is 25.3 Å². The van der Waals surface area contributed by atoms with Crippen molar-refractivity contribution in [2.45, 2.75) is 11.3 Å². The molecule has 0 aliphatic heterocycles. The molecular formula is C10H8N6O3S2. The van der Waals surface area contributed by atoms with Gasteiger partial charge in [0.05, 0.1) is 5.56 Å². The SMILES string of the molecule is CC(=O)Nc1nnc(S(=O)(=O)Nc2ccc(C#N)cn2)s1. The predicted molar refractivity (Wildman–Crippen MR) is 74.0 cm³/mol. The molecule has 0 unspecified atom stereocenters. The number of nitriles is 1. The van der Waals surface area contributed by atoms with Crippen LogP contribution in [0.25, 0.3) is 0 Å². The van der Waals surface area contributed by atoms with E-state index in [9.17, 15) is 13.2 Å². The molecule has 0 aromatic carbocycles. The van der Waals surface area contributed by atoms with Crippen LogP contribution in [0.2, 0.25) is 0 Å². The van der Waals surface area contributed by atoms with E-state index in [1.807, 2.05) is 6.07 Å². The highest BCUT2D eigenvalue weighted by atomic mass is 32.2. The average molecular weight is 324 g/mol. The maximum atomic E-state index is 12.0. The summed E-state index contributed by atoms with van der Waals surface area (Å²) < 4.78 is 26.0. The predicted octanol–water partition coefficient (Wildman–Crippen LogP) is 0.564. The quantitative estimate of drug-likeness (QED) is 0.784. The minimum Gasteiger partial charge on any atom is -0.301 e. The van der Waals surface area contributed by atoms with Gasteiger partial charge >= 0.3 is 0 Å². The van der Waals surface area contributed by atoms with Crippen molar-refractivity contribution in [2.24, 2.45) is 0 Å². The second-order valence-corrected chi connectivity index (χ2v) is 6.54. The van der Waals surface area contributed by atoms with Crippen molar-refractivity contribution in [2.75, 3.05) is 10.0 Å². The number of nitrogens with one attached hydrogen (secondary N) is 2. The summed E-state index contributed by atoms with van der Waals surface area (Å²) in [7, 11) is -3.95. The molecule has 0 fully saturated rings. The normalized spacial score (nSPS) is 10.7. The van der Waals surface area contributed by atoms with E-state index in [2.05, 4.69) is 25.2 Å². The molecule has 2 aromatic rings. The van der Waals surface area contributed by atoms with E-state index in [-0.39, 0.29) is 21.2 Å². The van der Waals surface area contributed by atoms with Crippen molar-refractivity contribution >= 4 is 38.2 Å². The summed E-state index contributed by atoms with van der Waals surface area (Å²) in [5, 5.41) is 18.1. The lowest BCUT2D eigenvalue weighted by Crippen LogP contribution is -2.13. The molecule has 2 rings (SSSR count). The standard InChI is InChI=1S/C10H8N6O3S2/c1-6(17)13-9-14-15-10(20-9)21(18,19)16-8-3-2-7(4-11)5-12-8/h2-3,5H,1H3,(H,12,16)(H,13,14,17). The number of amides is 1. The van der Waals surface area contributed by atoms with E-state index in [1.54, 1.807) is 0 Å². The van der Waals surface area contributed by atoms with E-state index in [0.29, 0.717) is 16.9 Å². The highest BCUT2D eigenvalue weighted by Crippen LogP contribution is 2.21. The zero-order chi connectivity index (χ0) is 15.5. The molecule has 0 radical (unpaired) electrons. The second kappa shape index (κ2) is 5.81. The van der Waals surface area contributed by atoms with Gasteiger partial charge in [-0.3, -0.25) is 9.52 Å². The van der Waals surface area contributed by atoms with Crippen LogP contribution in [0.15, 0.2) is 22.7 Å². The summed E-state index contributed by atoms with van der Waals surface area (Å²) in [5.74, 6) is -0.331. The van der Waals surface area contributed by atoms with Gasteiger partial charge in [-0.05, 0) is 12.1 Å². The zero-order valence-electron chi connectivity index (χ0n) is 10.6. The highest BCUT2D eigenvalue weighted by molar-refractivity contribution is 7.94. The van der Waals surface area contributed by atoms with Crippen LogP contribution in [0.4, 0.5) is 10.9 Å². The van der Waals surface area contributed by atoms with Crippen LogP contribution in [-0.2, 0) is 14.8 Å². The molecule has 0 aliphatic rings.